The second kappa shape index (κ2) is 9.90. The fourth-order valence-corrected chi connectivity index (χ4v) is 4.04. The van der Waals surface area contributed by atoms with E-state index in [1.807, 2.05) is 51.1 Å². The predicted molar refractivity (Wildman–Crippen MR) is 128 cm³/mol. The van der Waals surface area contributed by atoms with E-state index in [1.165, 1.54) is 0 Å². The lowest BCUT2D eigenvalue weighted by Gasteiger charge is -2.17. The van der Waals surface area contributed by atoms with Gasteiger partial charge in [-0.25, -0.2) is 14.6 Å². The van der Waals surface area contributed by atoms with Crippen LogP contribution in [0.15, 0.2) is 36.4 Å². The highest BCUT2D eigenvalue weighted by Gasteiger charge is 2.35. The van der Waals surface area contributed by atoms with Crippen molar-refractivity contribution in [3.8, 4) is 11.6 Å². The minimum absolute atomic E-state index is 0.0698. The largest absolute Gasteiger partial charge is 0.497 e. The molecule has 10 nitrogen and oxygen atoms in total. The van der Waals surface area contributed by atoms with Crippen LogP contribution in [0, 0.1) is 26.7 Å². The van der Waals surface area contributed by atoms with Crippen LogP contribution in [-0.4, -0.2) is 58.3 Å². The molecule has 1 aliphatic heterocycles. The van der Waals surface area contributed by atoms with Crippen molar-refractivity contribution in [1.82, 2.24) is 25.1 Å². The zero-order chi connectivity index (χ0) is 24.2. The number of anilines is 2. The second-order valence-corrected chi connectivity index (χ2v) is 8.32. The van der Waals surface area contributed by atoms with Gasteiger partial charge in [0.1, 0.15) is 17.4 Å². The van der Waals surface area contributed by atoms with E-state index < -0.39 is 5.92 Å². The van der Waals surface area contributed by atoms with Gasteiger partial charge in [-0.05, 0) is 39.0 Å². The van der Waals surface area contributed by atoms with Gasteiger partial charge in [-0.1, -0.05) is 6.07 Å². The second-order valence-electron chi connectivity index (χ2n) is 8.32. The van der Waals surface area contributed by atoms with Crippen LogP contribution in [-0.2, 0) is 9.59 Å². The Labute approximate surface area is 198 Å². The highest BCUT2D eigenvalue weighted by atomic mass is 16.5. The molecular formula is C24H29N7O3. The third kappa shape index (κ3) is 5.16. The molecule has 2 amide bonds. The summed E-state index contributed by atoms with van der Waals surface area (Å²) in [6, 6.07) is 11.1. The molecule has 1 aliphatic rings. The van der Waals surface area contributed by atoms with Crippen molar-refractivity contribution in [1.29, 1.82) is 0 Å². The number of hydrogen-bond acceptors (Lipinski definition) is 7. The van der Waals surface area contributed by atoms with Crippen LogP contribution in [0.5, 0.6) is 5.75 Å². The summed E-state index contributed by atoms with van der Waals surface area (Å²) in [6.45, 7) is 6.98. The first-order valence-corrected chi connectivity index (χ1v) is 11.2. The Morgan fingerprint density at radius 1 is 1.15 bits per heavy atom. The van der Waals surface area contributed by atoms with Gasteiger partial charge in [0.05, 0.1) is 18.7 Å². The minimum atomic E-state index is -0.391. The third-order valence-corrected chi connectivity index (χ3v) is 5.64. The lowest BCUT2D eigenvalue weighted by atomic mass is 10.1. The van der Waals surface area contributed by atoms with Crippen molar-refractivity contribution < 1.29 is 14.3 Å². The molecule has 1 saturated heterocycles. The molecule has 3 heterocycles. The van der Waals surface area contributed by atoms with E-state index in [1.54, 1.807) is 22.8 Å². The summed E-state index contributed by atoms with van der Waals surface area (Å²) in [6.07, 6.45) is 0.188. The molecule has 34 heavy (non-hydrogen) atoms. The van der Waals surface area contributed by atoms with E-state index in [4.69, 9.17) is 4.74 Å². The number of aryl methyl sites for hydroxylation is 3. The summed E-state index contributed by atoms with van der Waals surface area (Å²) >= 11 is 0. The van der Waals surface area contributed by atoms with Crippen LogP contribution >= 0.6 is 0 Å². The highest BCUT2D eigenvalue weighted by molar-refractivity contribution is 6.00. The van der Waals surface area contributed by atoms with E-state index >= 15 is 0 Å². The van der Waals surface area contributed by atoms with Gasteiger partial charge < -0.3 is 20.3 Å². The first-order valence-electron chi connectivity index (χ1n) is 11.2. The van der Waals surface area contributed by atoms with Crippen LogP contribution in [0.1, 0.15) is 23.6 Å². The van der Waals surface area contributed by atoms with Crippen LogP contribution in [0.2, 0.25) is 0 Å². The van der Waals surface area contributed by atoms with Gasteiger partial charge in [0.25, 0.3) is 0 Å². The average molecular weight is 464 g/mol. The quantitative estimate of drug-likeness (QED) is 0.492. The number of aromatic nitrogens is 4. The first kappa shape index (κ1) is 23.2. The van der Waals surface area contributed by atoms with Crippen LogP contribution < -0.4 is 20.3 Å². The molecular weight excluding hydrogens is 434 g/mol. The number of rotatable bonds is 8. The van der Waals surface area contributed by atoms with Gasteiger partial charge >= 0.3 is 0 Å². The minimum Gasteiger partial charge on any atom is -0.497 e. The average Bonchev–Trinajstić information content (AvgIpc) is 3.37. The van der Waals surface area contributed by atoms with Gasteiger partial charge in [0.2, 0.25) is 11.8 Å². The fourth-order valence-electron chi connectivity index (χ4n) is 4.04. The molecule has 2 N–H and O–H groups in total. The number of carbonyl (C=O) groups excluding carboxylic acids is 2. The first-order chi connectivity index (χ1) is 16.3. The Morgan fingerprint density at radius 3 is 2.71 bits per heavy atom. The molecule has 0 aliphatic carbocycles. The summed E-state index contributed by atoms with van der Waals surface area (Å²) < 4.78 is 7.01. The van der Waals surface area contributed by atoms with E-state index in [0.717, 1.165) is 17.1 Å². The van der Waals surface area contributed by atoms with Crippen molar-refractivity contribution in [3.05, 3.63) is 53.6 Å². The van der Waals surface area contributed by atoms with Crippen molar-refractivity contribution in [3.63, 3.8) is 0 Å². The number of carbonyl (C=O) groups is 2. The van der Waals surface area contributed by atoms with E-state index in [2.05, 4.69) is 25.7 Å². The monoisotopic (exact) mass is 463 g/mol. The smallest absolute Gasteiger partial charge is 0.227 e. The number of methoxy groups -OCH3 is 1. The number of nitrogens with zero attached hydrogens (tertiary/aromatic N) is 5. The van der Waals surface area contributed by atoms with E-state index in [0.29, 0.717) is 42.8 Å². The molecule has 0 radical (unpaired) electrons. The maximum absolute atomic E-state index is 12.7. The molecule has 0 bridgehead atoms. The maximum atomic E-state index is 12.7. The number of ether oxygens (including phenoxy) is 1. The molecule has 1 atom stereocenters. The number of hydrogen-bond donors (Lipinski definition) is 2. The van der Waals surface area contributed by atoms with Gasteiger partial charge in [-0.15, -0.1) is 0 Å². The Morgan fingerprint density at radius 2 is 1.97 bits per heavy atom. The van der Waals surface area contributed by atoms with Crippen LogP contribution in [0.25, 0.3) is 5.82 Å². The lowest BCUT2D eigenvalue weighted by molar-refractivity contribution is -0.126. The summed E-state index contributed by atoms with van der Waals surface area (Å²) in [5.74, 6) is 2.04. The zero-order valence-electron chi connectivity index (χ0n) is 19.8. The van der Waals surface area contributed by atoms with Crippen molar-refractivity contribution in [2.45, 2.75) is 27.2 Å². The molecule has 0 saturated carbocycles. The SMILES string of the molecule is COc1cccc(N2C[C@@H](C(=O)NCCNc3cc(-n4nc(C)cc4C)nc(C)n3)CC2=O)c1. The summed E-state index contributed by atoms with van der Waals surface area (Å²) in [5.41, 5.74) is 2.64. The normalized spacial score (nSPS) is 15.5. The molecule has 1 aromatic carbocycles. The molecule has 178 valence electrons. The Hall–Kier alpha value is -3.95. The third-order valence-electron chi connectivity index (χ3n) is 5.64. The molecule has 3 aromatic rings. The van der Waals surface area contributed by atoms with Gasteiger partial charge in [-0.2, -0.15) is 5.10 Å². The standard InChI is InChI=1S/C24H29N7O3/c1-15-10-16(2)31(29-15)22-13-21(27-17(3)28-22)25-8-9-26-24(33)18-11-23(32)30(14-18)19-6-5-7-20(12-19)34-4/h5-7,10,12-13,18H,8-9,11,14H2,1-4H3,(H,26,33)(H,25,27,28)/t18-/m0/s1. The van der Waals surface area contributed by atoms with Gasteiger partial charge in [-0.3, -0.25) is 9.59 Å². The number of amides is 2. The molecule has 0 spiro atoms. The Kier molecular flexibility index (Phi) is 6.76. The van der Waals surface area contributed by atoms with Crippen molar-refractivity contribution >= 4 is 23.3 Å². The maximum Gasteiger partial charge on any atom is 0.227 e. The molecule has 4 rings (SSSR count). The molecule has 2 aromatic heterocycles. The van der Waals surface area contributed by atoms with Crippen LogP contribution in [0.4, 0.5) is 11.5 Å². The summed E-state index contributed by atoms with van der Waals surface area (Å²) in [4.78, 5) is 35.7. The highest BCUT2D eigenvalue weighted by Crippen LogP contribution is 2.28. The summed E-state index contributed by atoms with van der Waals surface area (Å²) in [5, 5.41) is 10.6. The molecule has 10 heteroatoms. The zero-order valence-corrected chi connectivity index (χ0v) is 19.8. The Balaban J connectivity index is 1.30. The van der Waals surface area contributed by atoms with E-state index in [-0.39, 0.29) is 18.2 Å². The fraction of sp³-hybridized carbons (Fsp3) is 0.375. The van der Waals surface area contributed by atoms with Crippen molar-refractivity contribution in [2.24, 2.45) is 5.92 Å². The summed E-state index contributed by atoms with van der Waals surface area (Å²) in [7, 11) is 1.58. The lowest BCUT2D eigenvalue weighted by Crippen LogP contribution is -2.35. The molecule has 1 fully saturated rings. The number of nitrogens with one attached hydrogen (secondary N) is 2. The van der Waals surface area contributed by atoms with E-state index in [9.17, 15) is 9.59 Å². The molecule has 0 unspecified atom stereocenters. The number of benzene rings is 1. The van der Waals surface area contributed by atoms with Crippen LogP contribution in [0.3, 0.4) is 0 Å². The van der Waals surface area contributed by atoms with Crippen molar-refractivity contribution in [2.75, 3.05) is 37.0 Å². The van der Waals surface area contributed by atoms with Gasteiger partial charge in [0.15, 0.2) is 5.82 Å². The Bertz CT molecular complexity index is 1210. The topological polar surface area (TPSA) is 114 Å². The predicted octanol–water partition coefficient (Wildman–Crippen LogP) is 2.18. The van der Waals surface area contributed by atoms with Gasteiger partial charge in [0, 0.05) is 49.6 Å².